The highest BCUT2D eigenvalue weighted by Gasteiger charge is 2.60. The van der Waals surface area contributed by atoms with E-state index in [1.807, 2.05) is 0 Å². The third kappa shape index (κ3) is 1.18. The number of aliphatic hydroxyl groups excluding tert-OH is 1. The SMILES string of the molecule is CCC(O)C1C2(C)CCC(C2)C1(C)C. The van der Waals surface area contributed by atoms with E-state index in [0.717, 1.165) is 12.3 Å². The molecule has 1 N–H and O–H groups in total. The van der Waals surface area contributed by atoms with Crippen LogP contribution in [-0.2, 0) is 0 Å². The highest BCUT2D eigenvalue weighted by molar-refractivity contribution is 5.09. The molecule has 0 spiro atoms. The molecule has 0 aromatic rings. The van der Waals surface area contributed by atoms with Gasteiger partial charge in [0.25, 0.3) is 0 Å². The summed E-state index contributed by atoms with van der Waals surface area (Å²) in [6.07, 6.45) is 4.90. The molecule has 2 rings (SSSR count). The van der Waals surface area contributed by atoms with Gasteiger partial charge in [-0.3, -0.25) is 0 Å². The predicted molar refractivity (Wildman–Crippen MR) is 59.0 cm³/mol. The molecular formula is C13H24O. The molecule has 1 heteroatoms. The first-order valence-corrected chi connectivity index (χ1v) is 6.10. The molecule has 0 radical (unpaired) electrons. The van der Waals surface area contributed by atoms with Crippen LogP contribution < -0.4 is 0 Å². The second-order valence-electron chi connectivity index (χ2n) is 6.37. The van der Waals surface area contributed by atoms with Crippen LogP contribution in [0.4, 0.5) is 0 Å². The number of fused-ring (bicyclic) bond motifs is 2. The van der Waals surface area contributed by atoms with Gasteiger partial charge in [0, 0.05) is 0 Å². The van der Waals surface area contributed by atoms with Crippen molar-refractivity contribution in [2.75, 3.05) is 0 Å². The van der Waals surface area contributed by atoms with E-state index in [-0.39, 0.29) is 6.10 Å². The van der Waals surface area contributed by atoms with E-state index in [9.17, 15) is 5.11 Å². The van der Waals surface area contributed by atoms with Crippen LogP contribution in [0.1, 0.15) is 53.4 Å². The molecule has 82 valence electrons. The Morgan fingerprint density at radius 2 is 2.00 bits per heavy atom. The fourth-order valence-electron chi connectivity index (χ4n) is 4.54. The number of aliphatic hydroxyl groups is 1. The zero-order chi connectivity index (χ0) is 10.6. The van der Waals surface area contributed by atoms with Crippen molar-refractivity contribution >= 4 is 0 Å². The number of hydrogen-bond donors (Lipinski definition) is 1. The number of hydrogen-bond acceptors (Lipinski definition) is 1. The van der Waals surface area contributed by atoms with E-state index in [4.69, 9.17) is 0 Å². The van der Waals surface area contributed by atoms with Crippen LogP contribution >= 0.6 is 0 Å². The lowest BCUT2D eigenvalue weighted by Crippen LogP contribution is -2.42. The summed E-state index contributed by atoms with van der Waals surface area (Å²) >= 11 is 0. The maximum absolute atomic E-state index is 10.2. The summed E-state index contributed by atoms with van der Waals surface area (Å²) in [5.74, 6) is 1.39. The summed E-state index contributed by atoms with van der Waals surface area (Å²) in [7, 11) is 0. The molecule has 0 saturated heterocycles. The van der Waals surface area contributed by atoms with Gasteiger partial charge in [0.1, 0.15) is 0 Å². The van der Waals surface area contributed by atoms with Crippen LogP contribution in [0.2, 0.25) is 0 Å². The van der Waals surface area contributed by atoms with E-state index >= 15 is 0 Å². The van der Waals surface area contributed by atoms with Gasteiger partial charge in [0.2, 0.25) is 0 Å². The van der Waals surface area contributed by atoms with Gasteiger partial charge in [-0.1, -0.05) is 27.7 Å². The Morgan fingerprint density at radius 3 is 2.43 bits per heavy atom. The van der Waals surface area contributed by atoms with E-state index in [2.05, 4.69) is 27.7 Å². The summed E-state index contributed by atoms with van der Waals surface area (Å²) in [5, 5.41) is 10.2. The lowest BCUT2D eigenvalue weighted by Gasteiger charge is -2.45. The molecule has 0 aromatic heterocycles. The van der Waals surface area contributed by atoms with Gasteiger partial charge in [-0.15, -0.1) is 0 Å². The van der Waals surface area contributed by atoms with Gasteiger partial charge < -0.3 is 5.11 Å². The largest absolute Gasteiger partial charge is 0.393 e. The van der Waals surface area contributed by atoms with Crippen LogP contribution in [0, 0.1) is 22.7 Å². The second-order valence-corrected chi connectivity index (χ2v) is 6.37. The highest BCUT2D eigenvalue weighted by Crippen LogP contribution is 2.67. The zero-order valence-electron chi connectivity index (χ0n) is 10.0. The molecule has 14 heavy (non-hydrogen) atoms. The molecular weight excluding hydrogens is 172 g/mol. The zero-order valence-corrected chi connectivity index (χ0v) is 10.0. The molecule has 0 aromatic carbocycles. The van der Waals surface area contributed by atoms with Crippen LogP contribution in [0.3, 0.4) is 0 Å². The molecule has 0 heterocycles. The minimum absolute atomic E-state index is 0.0831. The van der Waals surface area contributed by atoms with E-state index in [1.54, 1.807) is 0 Å². The predicted octanol–water partition coefficient (Wildman–Crippen LogP) is 3.22. The molecule has 1 nitrogen and oxygen atoms in total. The molecule has 2 aliphatic carbocycles. The van der Waals surface area contributed by atoms with Gasteiger partial charge in [0.15, 0.2) is 0 Å². The van der Waals surface area contributed by atoms with Crippen LogP contribution in [0.15, 0.2) is 0 Å². The number of rotatable bonds is 2. The average Bonchev–Trinajstić information content (AvgIpc) is 2.55. The van der Waals surface area contributed by atoms with Gasteiger partial charge in [-0.05, 0) is 48.3 Å². The summed E-state index contributed by atoms with van der Waals surface area (Å²) in [5.41, 5.74) is 0.798. The topological polar surface area (TPSA) is 20.2 Å². The molecule has 0 amide bonds. The Labute approximate surface area is 87.9 Å². The first-order chi connectivity index (χ1) is 6.42. The van der Waals surface area contributed by atoms with E-state index in [1.165, 1.54) is 19.3 Å². The second kappa shape index (κ2) is 2.98. The summed E-state index contributed by atoms with van der Waals surface area (Å²) in [4.78, 5) is 0. The minimum Gasteiger partial charge on any atom is -0.393 e. The molecule has 2 aliphatic rings. The first-order valence-electron chi connectivity index (χ1n) is 6.10. The van der Waals surface area contributed by atoms with Crippen LogP contribution in [0.25, 0.3) is 0 Å². The maximum Gasteiger partial charge on any atom is 0.0576 e. The normalized spacial score (nSPS) is 46.9. The van der Waals surface area contributed by atoms with Crippen LogP contribution in [-0.4, -0.2) is 11.2 Å². The Hall–Kier alpha value is -0.0400. The molecule has 0 aliphatic heterocycles. The summed E-state index contributed by atoms with van der Waals surface area (Å²) < 4.78 is 0. The van der Waals surface area contributed by atoms with E-state index in [0.29, 0.717) is 16.7 Å². The fourth-order valence-corrected chi connectivity index (χ4v) is 4.54. The Bertz CT molecular complexity index is 229. The highest BCUT2D eigenvalue weighted by atomic mass is 16.3. The Kier molecular flexibility index (Phi) is 2.23. The standard InChI is InChI=1S/C13H24O/c1-5-10(14)11-12(2,3)9-6-7-13(11,4)8-9/h9-11,14H,5-8H2,1-4H3. The quantitative estimate of drug-likeness (QED) is 0.719. The van der Waals surface area contributed by atoms with Gasteiger partial charge >= 0.3 is 0 Å². The summed E-state index contributed by atoms with van der Waals surface area (Å²) in [6.45, 7) is 9.23. The Balaban J connectivity index is 2.30. The average molecular weight is 196 g/mol. The molecule has 4 unspecified atom stereocenters. The van der Waals surface area contributed by atoms with Crippen LogP contribution in [0.5, 0.6) is 0 Å². The molecule has 2 fully saturated rings. The fraction of sp³-hybridized carbons (Fsp3) is 1.00. The summed E-state index contributed by atoms with van der Waals surface area (Å²) in [6, 6.07) is 0. The third-order valence-electron chi connectivity index (χ3n) is 5.18. The van der Waals surface area contributed by atoms with E-state index < -0.39 is 0 Å². The van der Waals surface area contributed by atoms with Crippen molar-refractivity contribution in [1.82, 2.24) is 0 Å². The third-order valence-corrected chi connectivity index (χ3v) is 5.18. The lowest BCUT2D eigenvalue weighted by atomic mass is 9.61. The Morgan fingerprint density at radius 1 is 1.36 bits per heavy atom. The van der Waals surface area contributed by atoms with Gasteiger partial charge in [-0.2, -0.15) is 0 Å². The van der Waals surface area contributed by atoms with Crippen molar-refractivity contribution in [3.63, 3.8) is 0 Å². The van der Waals surface area contributed by atoms with Crippen molar-refractivity contribution in [3.8, 4) is 0 Å². The molecule has 2 saturated carbocycles. The lowest BCUT2D eigenvalue weighted by molar-refractivity contribution is -0.0363. The maximum atomic E-state index is 10.2. The van der Waals surface area contributed by atoms with Crippen molar-refractivity contribution in [3.05, 3.63) is 0 Å². The van der Waals surface area contributed by atoms with Gasteiger partial charge in [0.05, 0.1) is 6.10 Å². The molecule has 2 bridgehead atoms. The van der Waals surface area contributed by atoms with Crippen molar-refractivity contribution in [1.29, 1.82) is 0 Å². The van der Waals surface area contributed by atoms with Crippen molar-refractivity contribution in [2.24, 2.45) is 22.7 Å². The first kappa shape index (κ1) is 10.5. The smallest absolute Gasteiger partial charge is 0.0576 e. The van der Waals surface area contributed by atoms with Gasteiger partial charge in [-0.25, -0.2) is 0 Å². The molecule has 4 atom stereocenters. The monoisotopic (exact) mass is 196 g/mol. The minimum atomic E-state index is -0.0831. The van der Waals surface area contributed by atoms with Crippen molar-refractivity contribution < 1.29 is 5.11 Å². The van der Waals surface area contributed by atoms with Crippen molar-refractivity contribution in [2.45, 2.75) is 59.5 Å².